The van der Waals surface area contributed by atoms with E-state index >= 15 is 0 Å². The monoisotopic (exact) mass is 423 g/mol. The molecule has 0 aliphatic carbocycles. The van der Waals surface area contributed by atoms with Crippen molar-refractivity contribution in [2.45, 2.75) is 32.6 Å². The van der Waals surface area contributed by atoms with E-state index in [0.29, 0.717) is 21.6 Å². The first-order valence-electron chi connectivity index (χ1n) is 9.61. The minimum atomic E-state index is -0.640. The van der Waals surface area contributed by atoms with Crippen LogP contribution in [0.2, 0.25) is 0 Å². The number of aryl methyl sites for hydroxylation is 1. The molecule has 2 heterocycles. The molecular weight excluding hydrogens is 402 g/mol. The number of thioether (sulfide) groups is 1. The molecule has 0 saturated carbocycles. The van der Waals surface area contributed by atoms with E-state index in [-0.39, 0.29) is 5.78 Å². The number of hydrogen-bond donors (Lipinski definition) is 1. The molecule has 1 N–H and O–H groups in total. The lowest BCUT2D eigenvalue weighted by Crippen LogP contribution is -2.11. The number of rotatable bonds is 6. The first-order valence-corrected chi connectivity index (χ1v) is 11.2. The molecule has 0 amide bonds. The summed E-state index contributed by atoms with van der Waals surface area (Å²) in [5.41, 5.74) is 0.882. The lowest BCUT2D eigenvalue weighted by molar-refractivity contribution is -0.114. The zero-order chi connectivity index (χ0) is 20.4. The van der Waals surface area contributed by atoms with Crippen LogP contribution in [-0.4, -0.2) is 27.6 Å². The number of aromatic nitrogens is 2. The van der Waals surface area contributed by atoms with E-state index < -0.39 is 5.92 Å². The van der Waals surface area contributed by atoms with Crippen molar-refractivity contribution < 1.29 is 9.53 Å². The maximum absolute atomic E-state index is 13.1. The average Bonchev–Trinajstić information content (AvgIpc) is 3.31. The summed E-state index contributed by atoms with van der Waals surface area (Å²) < 4.78 is 5.96. The van der Waals surface area contributed by atoms with Crippen LogP contribution in [0, 0.1) is 5.41 Å². The number of allylic oxidation sites excluding steroid dienone is 1. The van der Waals surface area contributed by atoms with Gasteiger partial charge in [0.25, 0.3) is 0 Å². The Bertz CT molecular complexity index is 1120. The largest absolute Gasteiger partial charge is 0.493 e. The van der Waals surface area contributed by atoms with Crippen molar-refractivity contribution in [3.05, 3.63) is 56.9 Å². The summed E-state index contributed by atoms with van der Waals surface area (Å²) in [5.74, 6) is 0.0258. The highest BCUT2D eigenvalue weighted by Gasteiger charge is 2.39. The summed E-state index contributed by atoms with van der Waals surface area (Å²) in [6, 6.07) is 12.0. The predicted molar refractivity (Wildman–Crippen MR) is 120 cm³/mol. The molecular formula is C22H21N3O2S2. The van der Waals surface area contributed by atoms with Crippen molar-refractivity contribution in [3.63, 3.8) is 0 Å². The Hall–Kier alpha value is -2.51. The Morgan fingerprint density at radius 1 is 1.17 bits per heavy atom. The van der Waals surface area contributed by atoms with Crippen LogP contribution in [-0.2, 0) is 11.2 Å². The number of ketones is 1. The topological polar surface area (TPSA) is 75.9 Å². The van der Waals surface area contributed by atoms with Crippen molar-refractivity contribution in [3.8, 4) is 5.75 Å². The lowest BCUT2D eigenvalue weighted by atomic mass is 10.0. The van der Waals surface area contributed by atoms with E-state index in [4.69, 9.17) is 10.1 Å². The number of nitrogens with zero attached hydrogens (tertiary/aromatic N) is 2. The molecule has 29 heavy (non-hydrogen) atoms. The third kappa shape index (κ3) is 3.84. The summed E-state index contributed by atoms with van der Waals surface area (Å²) in [6.45, 7) is 4.68. The van der Waals surface area contributed by atoms with Gasteiger partial charge in [-0.15, -0.1) is 21.5 Å². The van der Waals surface area contributed by atoms with Gasteiger partial charge in [0.05, 0.1) is 16.6 Å². The highest BCUT2D eigenvalue weighted by Crippen LogP contribution is 2.43. The van der Waals surface area contributed by atoms with E-state index in [2.05, 4.69) is 17.1 Å². The van der Waals surface area contributed by atoms with Gasteiger partial charge in [0.2, 0.25) is 0 Å². The average molecular weight is 424 g/mol. The van der Waals surface area contributed by atoms with Gasteiger partial charge >= 0.3 is 0 Å². The van der Waals surface area contributed by atoms with Crippen LogP contribution in [0.15, 0.2) is 41.3 Å². The van der Waals surface area contributed by atoms with Crippen LogP contribution < -0.4 is 4.74 Å². The third-order valence-corrected chi connectivity index (χ3v) is 6.81. The second-order valence-electron chi connectivity index (χ2n) is 6.71. The maximum Gasteiger partial charge on any atom is 0.186 e. The molecule has 7 heteroatoms. The van der Waals surface area contributed by atoms with Crippen molar-refractivity contribution in [1.82, 2.24) is 10.2 Å². The fourth-order valence-electron chi connectivity index (χ4n) is 3.23. The van der Waals surface area contributed by atoms with E-state index in [9.17, 15) is 4.79 Å². The summed E-state index contributed by atoms with van der Waals surface area (Å²) in [4.78, 5) is 13.7. The lowest BCUT2D eigenvalue weighted by Gasteiger charge is -2.12. The second kappa shape index (κ2) is 8.47. The molecule has 148 valence electrons. The van der Waals surface area contributed by atoms with Gasteiger partial charge in [-0.2, -0.15) is 0 Å². The third-order valence-electron chi connectivity index (χ3n) is 4.69. The zero-order valence-electron chi connectivity index (χ0n) is 16.3. The second-order valence-corrected chi connectivity index (χ2v) is 8.88. The summed E-state index contributed by atoms with van der Waals surface area (Å²) in [6.07, 6.45) is 3.55. The molecule has 1 atom stereocenters. The minimum Gasteiger partial charge on any atom is -0.493 e. The molecule has 3 aromatic rings. The fourth-order valence-corrected chi connectivity index (χ4v) is 5.17. The van der Waals surface area contributed by atoms with Crippen LogP contribution in [0.5, 0.6) is 5.75 Å². The van der Waals surface area contributed by atoms with Gasteiger partial charge in [-0.3, -0.25) is 10.2 Å². The molecule has 1 aliphatic rings. The molecule has 0 spiro atoms. The van der Waals surface area contributed by atoms with Crippen LogP contribution in [0.25, 0.3) is 16.8 Å². The Morgan fingerprint density at radius 2 is 2.00 bits per heavy atom. The number of carbonyl (C=O) groups excluding carboxylic acids is 1. The normalized spacial score (nSPS) is 18.1. The smallest absolute Gasteiger partial charge is 0.186 e. The Morgan fingerprint density at radius 3 is 2.76 bits per heavy atom. The Kier molecular flexibility index (Phi) is 5.78. The number of fused-ring (bicyclic) bond motifs is 1. The number of nitrogens with one attached hydrogen (secondary N) is 1. The Balaban J connectivity index is 1.76. The van der Waals surface area contributed by atoms with Crippen molar-refractivity contribution in [2.75, 3.05) is 6.61 Å². The zero-order valence-corrected chi connectivity index (χ0v) is 17.9. The molecule has 5 nitrogen and oxygen atoms in total. The quantitative estimate of drug-likeness (QED) is 0.533. The van der Waals surface area contributed by atoms with Gasteiger partial charge in [-0.1, -0.05) is 55.9 Å². The van der Waals surface area contributed by atoms with E-state index in [0.717, 1.165) is 39.9 Å². The maximum atomic E-state index is 13.1. The van der Waals surface area contributed by atoms with Crippen LogP contribution in [0.4, 0.5) is 0 Å². The number of Topliss-reactive ketones (excluding diaryl/α,β-unsaturated/α-hetero) is 1. The molecule has 0 bridgehead atoms. The fraction of sp³-hybridized carbons (Fsp3) is 0.273. The van der Waals surface area contributed by atoms with Crippen LogP contribution in [0.3, 0.4) is 0 Å². The highest BCUT2D eigenvalue weighted by molar-refractivity contribution is 8.19. The van der Waals surface area contributed by atoms with E-state index in [1.807, 2.05) is 49.4 Å². The van der Waals surface area contributed by atoms with Gasteiger partial charge in [0.15, 0.2) is 5.78 Å². The van der Waals surface area contributed by atoms with Gasteiger partial charge < -0.3 is 4.74 Å². The van der Waals surface area contributed by atoms with Gasteiger partial charge in [0, 0.05) is 5.56 Å². The van der Waals surface area contributed by atoms with Crippen LogP contribution in [0.1, 0.15) is 41.8 Å². The summed E-state index contributed by atoms with van der Waals surface area (Å²) >= 11 is 2.62. The number of benzene rings is 2. The first kappa shape index (κ1) is 19.8. The molecule has 0 radical (unpaired) electrons. The SMILES string of the molecule is CCCOc1ccc2ccccc2c1/C=C1\SC(=N)[C@@H](c2nnc(CC)s2)C1=O. The van der Waals surface area contributed by atoms with Crippen molar-refractivity contribution in [2.24, 2.45) is 0 Å². The van der Waals surface area contributed by atoms with Crippen molar-refractivity contribution in [1.29, 1.82) is 5.41 Å². The molecule has 0 unspecified atom stereocenters. The van der Waals surface area contributed by atoms with Gasteiger partial charge in [-0.05, 0) is 35.8 Å². The first-order chi connectivity index (χ1) is 14.1. The standard InChI is InChI=1S/C22H21N3O2S2/c1-3-11-27-16-10-9-13-7-5-6-8-14(13)15(16)12-17-20(26)19(21(23)28-17)22-25-24-18(4-2)29-22/h5-10,12,19,23H,3-4,11H2,1-2H3/b17-12-,23-21?/t19-/m0/s1. The summed E-state index contributed by atoms with van der Waals surface area (Å²) in [5, 5.41) is 20.6. The highest BCUT2D eigenvalue weighted by atomic mass is 32.2. The minimum absolute atomic E-state index is 0.0896. The van der Waals surface area contributed by atoms with Gasteiger partial charge in [-0.25, -0.2) is 0 Å². The van der Waals surface area contributed by atoms with E-state index in [1.165, 1.54) is 23.1 Å². The molecule has 1 aromatic heterocycles. The molecule has 1 aliphatic heterocycles. The molecule has 1 fully saturated rings. The summed E-state index contributed by atoms with van der Waals surface area (Å²) in [7, 11) is 0. The molecule has 2 aromatic carbocycles. The predicted octanol–water partition coefficient (Wildman–Crippen LogP) is 5.46. The number of hydrogen-bond acceptors (Lipinski definition) is 7. The molecule has 4 rings (SSSR count). The molecule has 1 saturated heterocycles. The number of ether oxygens (including phenoxy) is 1. The van der Waals surface area contributed by atoms with Crippen LogP contribution >= 0.6 is 23.1 Å². The van der Waals surface area contributed by atoms with Gasteiger partial charge in [0.1, 0.15) is 21.7 Å². The number of carbonyl (C=O) groups is 1. The van der Waals surface area contributed by atoms with Crippen molar-refractivity contribution >= 4 is 50.8 Å². The Labute approximate surface area is 177 Å². The van der Waals surface area contributed by atoms with E-state index in [1.54, 1.807) is 0 Å².